The second-order valence-corrected chi connectivity index (χ2v) is 6.39. The molecule has 2 amide bonds. The number of halogens is 2. The van der Waals surface area contributed by atoms with E-state index >= 15 is 0 Å². The molecule has 2 aromatic rings. The molecule has 2 aromatic carbocycles. The van der Waals surface area contributed by atoms with Crippen LogP contribution < -0.4 is 15.5 Å². The van der Waals surface area contributed by atoms with Crippen molar-refractivity contribution in [1.29, 1.82) is 0 Å². The van der Waals surface area contributed by atoms with Crippen LogP contribution in [0.2, 0.25) is 10.0 Å². The van der Waals surface area contributed by atoms with Gasteiger partial charge in [-0.2, -0.15) is 5.10 Å². The van der Waals surface area contributed by atoms with Gasteiger partial charge in [0.25, 0.3) is 0 Å². The Labute approximate surface area is 167 Å². The molecule has 0 aliphatic carbocycles. The van der Waals surface area contributed by atoms with Gasteiger partial charge >= 0.3 is 11.8 Å². The zero-order valence-corrected chi connectivity index (χ0v) is 16.2. The standard InChI is InChI=1S/C19H19Cl2N3O3/c1-2-3-10-27-15-7-4-13(5-8-15)12-22-24-19(26)18(25)23-17-11-14(20)6-9-16(17)21/h4-9,11-12H,2-3,10H2,1H3,(H,23,25)(H,24,26)/b22-12+. The lowest BCUT2D eigenvalue weighted by molar-refractivity contribution is -0.136. The van der Waals surface area contributed by atoms with Crippen molar-refractivity contribution in [3.63, 3.8) is 0 Å². The van der Waals surface area contributed by atoms with Gasteiger partial charge in [-0.15, -0.1) is 0 Å². The van der Waals surface area contributed by atoms with Crippen molar-refractivity contribution < 1.29 is 14.3 Å². The Hall–Kier alpha value is -2.57. The zero-order valence-electron chi connectivity index (χ0n) is 14.7. The molecule has 0 heterocycles. The van der Waals surface area contributed by atoms with Crippen LogP contribution in [0.15, 0.2) is 47.6 Å². The Balaban J connectivity index is 1.85. The SMILES string of the molecule is CCCCOc1ccc(/C=N/NC(=O)C(=O)Nc2cc(Cl)ccc2Cl)cc1. The molecule has 142 valence electrons. The van der Waals surface area contributed by atoms with Gasteiger partial charge in [0.1, 0.15) is 5.75 Å². The first-order valence-electron chi connectivity index (χ1n) is 8.32. The van der Waals surface area contributed by atoms with Gasteiger partial charge in [-0.1, -0.05) is 36.5 Å². The summed E-state index contributed by atoms with van der Waals surface area (Å²) >= 11 is 11.8. The first kappa shape index (κ1) is 20.7. The summed E-state index contributed by atoms with van der Waals surface area (Å²) in [4.78, 5) is 23.7. The fourth-order valence-electron chi connectivity index (χ4n) is 1.97. The highest BCUT2D eigenvalue weighted by Gasteiger charge is 2.14. The number of benzene rings is 2. The molecular weight excluding hydrogens is 389 g/mol. The number of ether oxygens (including phenoxy) is 1. The van der Waals surface area contributed by atoms with Crippen LogP contribution in [0.25, 0.3) is 0 Å². The third-order valence-corrected chi connectivity index (χ3v) is 3.97. The maximum absolute atomic E-state index is 11.9. The quantitative estimate of drug-likeness (QED) is 0.311. The number of nitrogens with zero attached hydrogens (tertiary/aromatic N) is 1. The van der Waals surface area contributed by atoms with Gasteiger partial charge < -0.3 is 10.1 Å². The monoisotopic (exact) mass is 407 g/mol. The van der Waals surface area contributed by atoms with Crippen molar-refractivity contribution >= 4 is 46.9 Å². The van der Waals surface area contributed by atoms with E-state index in [9.17, 15) is 9.59 Å². The fourth-order valence-corrected chi connectivity index (χ4v) is 2.31. The predicted octanol–water partition coefficient (Wildman–Crippen LogP) is 4.26. The maximum Gasteiger partial charge on any atom is 0.329 e. The Bertz CT molecular complexity index is 823. The molecule has 0 aliphatic heterocycles. The second kappa shape index (κ2) is 10.5. The molecular formula is C19H19Cl2N3O3. The Kier molecular flexibility index (Phi) is 8.10. The summed E-state index contributed by atoms with van der Waals surface area (Å²) in [5, 5.41) is 6.79. The smallest absolute Gasteiger partial charge is 0.329 e. The van der Waals surface area contributed by atoms with E-state index in [2.05, 4.69) is 22.8 Å². The topological polar surface area (TPSA) is 79.8 Å². The van der Waals surface area contributed by atoms with Crippen LogP contribution in [0.4, 0.5) is 5.69 Å². The molecule has 6 nitrogen and oxygen atoms in total. The molecule has 0 fully saturated rings. The summed E-state index contributed by atoms with van der Waals surface area (Å²) < 4.78 is 5.56. The van der Waals surface area contributed by atoms with Crippen LogP contribution in [0.5, 0.6) is 5.75 Å². The first-order chi connectivity index (χ1) is 13.0. The molecule has 0 saturated heterocycles. The van der Waals surface area contributed by atoms with Crippen molar-refractivity contribution in [2.45, 2.75) is 19.8 Å². The van der Waals surface area contributed by atoms with Crippen molar-refractivity contribution in [2.75, 3.05) is 11.9 Å². The molecule has 0 aliphatic rings. The average molecular weight is 408 g/mol. The van der Waals surface area contributed by atoms with Gasteiger partial charge in [0.15, 0.2) is 0 Å². The van der Waals surface area contributed by atoms with Gasteiger partial charge in [-0.3, -0.25) is 9.59 Å². The van der Waals surface area contributed by atoms with Crippen LogP contribution in [0, 0.1) is 0 Å². The van der Waals surface area contributed by atoms with Crippen molar-refractivity contribution in [3.8, 4) is 5.75 Å². The zero-order chi connectivity index (χ0) is 19.6. The molecule has 0 atom stereocenters. The molecule has 0 saturated carbocycles. The van der Waals surface area contributed by atoms with E-state index in [1.54, 1.807) is 18.2 Å². The molecule has 0 aromatic heterocycles. The number of unbranched alkanes of at least 4 members (excludes halogenated alkanes) is 1. The average Bonchev–Trinajstić information content (AvgIpc) is 2.66. The van der Waals surface area contributed by atoms with E-state index < -0.39 is 11.8 Å². The highest BCUT2D eigenvalue weighted by atomic mass is 35.5. The molecule has 0 spiro atoms. The fraction of sp³-hybridized carbons (Fsp3) is 0.211. The summed E-state index contributed by atoms with van der Waals surface area (Å²) in [6.07, 6.45) is 3.49. The van der Waals surface area contributed by atoms with Crippen LogP contribution in [-0.4, -0.2) is 24.6 Å². The minimum atomic E-state index is -0.929. The summed E-state index contributed by atoms with van der Waals surface area (Å²) in [6, 6.07) is 11.8. The summed E-state index contributed by atoms with van der Waals surface area (Å²) in [5.41, 5.74) is 3.14. The normalized spacial score (nSPS) is 10.6. The third kappa shape index (κ3) is 6.92. The van der Waals surface area contributed by atoms with E-state index in [4.69, 9.17) is 27.9 Å². The lowest BCUT2D eigenvalue weighted by Gasteiger charge is -2.06. The highest BCUT2D eigenvalue weighted by Crippen LogP contribution is 2.25. The van der Waals surface area contributed by atoms with Gasteiger partial charge in [-0.25, -0.2) is 5.43 Å². The van der Waals surface area contributed by atoms with Crippen LogP contribution in [-0.2, 0) is 9.59 Å². The van der Waals surface area contributed by atoms with Crippen LogP contribution in [0.1, 0.15) is 25.3 Å². The molecule has 8 heteroatoms. The number of hydrazone groups is 1. The number of nitrogens with one attached hydrogen (secondary N) is 2. The Morgan fingerprint density at radius 3 is 2.56 bits per heavy atom. The van der Waals surface area contributed by atoms with Crippen molar-refractivity contribution in [1.82, 2.24) is 5.43 Å². The lowest BCUT2D eigenvalue weighted by Crippen LogP contribution is -2.32. The number of carbonyl (C=O) groups excluding carboxylic acids is 2. The van der Waals surface area contributed by atoms with Crippen LogP contribution >= 0.6 is 23.2 Å². The number of hydrogen-bond acceptors (Lipinski definition) is 4. The van der Waals surface area contributed by atoms with Gasteiger partial charge in [0.2, 0.25) is 0 Å². The molecule has 0 radical (unpaired) electrons. The highest BCUT2D eigenvalue weighted by molar-refractivity contribution is 6.42. The maximum atomic E-state index is 11.9. The largest absolute Gasteiger partial charge is 0.494 e. The number of carbonyl (C=O) groups is 2. The lowest BCUT2D eigenvalue weighted by atomic mass is 10.2. The van der Waals surface area contributed by atoms with E-state index in [0.717, 1.165) is 24.2 Å². The number of hydrogen-bond donors (Lipinski definition) is 2. The Morgan fingerprint density at radius 2 is 1.85 bits per heavy atom. The Morgan fingerprint density at radius 1 is 1.11 bits per heavy atom. The van der Waals surface area contributed by atoms with E-state index in [1.165, 1.54) is 18.3 Å². The summed E-state index contributed by atoms with van der Waals surface area (Å²) in [7, 11) is 0. The molecule has 27 heavy (non-hydrogen) atoms. The minimum absolute atomic E-state index is 0.243. The number of rotatable bonds is 7. The molecule has 0 unspecified atom stereocenters. The van der Waals surface area contributed by atoms with E-state index in [-0.39, 0.29) is 10.7 Å². The van der Waals surface area contributed by atoms with Crippen LogP contribution in [0.3, 0.4) is 0 Å². The molecule has 2 rings (SSSR count). The summed E-state index contributed by atoms with van der Waals surface area (Å²) in [5.74, 6) is -1.07. The van der Waals surface area contributed by atoms with Gasteiger partial charge in [0.05, 0.1) is 23.5 Å². The van der Waals surface area contributed by atoms with Gasteiger partial charge in [-0.05, 0) is 54.4 Å². The van der Waals surface area contributed by atoms with Crippen molar-refractivity contribution in [3.05, 3.63) is 58.1 Å². The third-order valence-electron chi connectivity index (χ3n) is 3.41. The predicted molar refractivity (Wildman–Crippen MR) is 108 cm³/mol. The van der Waals surface area contributed by atoms with Gasteiger partial charge in [0, 0.05) is 5.02 Å². The summed E-state index contributed by atoms with van der Waals surface area (Å²) in [6.45, 7) is 2.77. The second-order valence-electron chi connectivity index (χ2n) is 5.55. The minimum Gasteiger partial charge on any atom is -0.494 e. The molecule has 0 bridgehead atoms. The number of amides is 2. The van der Waals surface area contributed by atoms with E-state index in [0.29, 0.717) is 11.6 Å². The van der Waals surface area contributed by atoms with E-state index in [1.807, 2.05) is 12.1 Å². The first-order valence-corrected chi connectivity index (χ1v) is 9.07. The number of anilines is 1. The molecule has 2 N–H and O–H groups in total. The van der Waals surface area contributed by atoms with Crippen molar-refractivity contribution in [2.24, 2.45) is 5.10 Å².